The maximum absolute atomic E-state index is 12.3. The molecule has 1 aromatic carbocycles. The highest BCUT2D eigenvalue weighted by Gasteiger charge is 2.12. The molecular formula is C17H28N2O. The molecule has 0 saturated heterocycles. The molecule has 0 aliphatic carbocycles. The van der Waals surface area contributed by atoms with Crippen molar-refractivity contribution in [3.63, 3.8) is 0 Å². The second-order valence-electron chi connectivity index (χ2n) is 5.30. The summed E-state index contributed by atoms with van der Waals surface area (Å²) < 4.78 is 0. The summed E-state index contributed by atoms with van der Waals surface area (Å²) in [6, 6.07) is 7.90. The highest BCUT2D eigenvalue weighted by Crippen LogP contribution is 2.15. The van der Waals surface area contributed by atoms with E-state index in [-0.39, 0.29) is 11.9 Å². The highest BCUT2D eigenvalue weighted by atomic mass is 16.1. The third kappa shape index (κ3) is 5.64. The molecule has 0 aromatic heterocycles. The van der Waals surface area contributed by atoms with Gasteiger partial charge in [-0.2, -0.15) is 0 Å². The van der Waals surface area contributed by atoms with Gasteiger partial charge in [0.25, 0.3) is 5.91 Å². The van der Waals surface area contributed by atoms with E-state index in [4.69, 9.17) is 0 Å². The van der Waals surface area contributed by atoms with Crippen molar-refractivity contribution in [2.45, 2.75) is 58.9 Å². The first-order valence-corrected chi connectivity index (χ1v) is 7.82. The molecule has 1 unspecified atom stereocenters. The van der Waals surface area contributed by atoms with E-state index >= 15 is 0 Å². The molecule has 0 bridgehead atoms. The van der Waals surface area contributed by atoms with Crippen molar-refractivity contribution < 1.29 is 4.79 Å². The molecule has 3 nitrogen and oxygen atoms in total. The second kappa shape index (κ2) is 9.40. The zero-order chi connectivity index (χ0) is 14.8. The number of carbonyl (C=O) groups is 1. The molecule has 2 N–H and O–H groups in total. The van der Waals surface area contributed by atoms with Crippen LogP contribution in [0, 0.1) is 0 Å². The fraction of sp³-hybridized carbons (Fsp3) is 0.588. The molecule has 0 radical (unpaired) electrons. The van der Waals surface area contributed by atoms with Crippen LogP contribution in [-0.2, 0) is 0 Å². The van der Waals surface area contributed by atoms with Crippen molar-refractivity contribution in [3.8, 4) is 0 Å². The van der Waals surface area contributed by atoms with E-state index in [1.165, 1.54) is 25.7 Å². The highest BCUT2D eigenvalue weighted by molar-refractivity contribution is 5.99. The maximum atomic E-state index is 12.3. The summed E-state index contributed by atoms with van der Waals surface area (Å²) in [5.74, 6) is 0.0181. The summed E-state index contributed by atoms with van der Waals surface area (Å²) in [7, 11) is 0. The number of benzene rings is 1. The normalized spacial score (nSPS) is 11.9. The smallest absolute Gasteiger partial charge is 0.253 e. The Hall–Kier alpha value is -1.51. The molecule has 1 aromatic rings. The van der Waals surface area contributed by atoms with Gasteiger partial charge >= 0.3 is 0 Å². The standard InChI is InChI=1S/C17H28N2O/c1-4-6-7-8-11-14(3)19-17(20)15-12-9-10-13-16(15)18-5-2/h9-10,12-14,18H,4-8,11H2,1-3H3,(H,19,20). The molecule has 20 heavy (non-hydrogen) atoms. The van der Waals surface area contributed by atoms with Crippen molar-refractivity contribution in [2.75, 3.05) is 11.9 Å². The Morgan fingerprint density at radius 1 is 1.15 bits per heavy atom. The Kier molecular flexibility index (Phi) is 7.78. The van der Waals surface area contributed by atoms with Gasteiger partial charge in [-0.05, 0) is 32.4 Å². The molecule has 112 valence electrons. The Morgan fingerprint density at radius 2 is 1.90 bits per heavy atom. The quantitative estimate of drug-likeness (QED) is 0.663. The van der Waals surface area contributed by atoms with Crippen LogP contribution in [0.3, 0.4) is 0 Å². The Labute approximate surface area is 123 Å². The summed E-state index contributed by atoms with van der Waals surface area (Å²) in [5.41, 5.74) is 1.64. The molecule has 0 aliphatic rings. The molecule has 1 amide bonds. The summed E-state index contributed by atoms with van der Waals surface area (Å²) in [6.07, 6.45) is 6.02. The fourth-order valence-electron chi connectivity index (χ4n) is 2.28. The van der Waals surface area contributed by atoms with Crippen LogP contribution >= 0.6 is 0 Å². The predicted octanol–water partition coefficient (Wildman–Crippen LogP) is 4.21. The number of hydrogen-bond acceptors (Lipinski definition) is 2. The van der Waals surface area contributed by atoms with Crippen LogP contribution in [0.15, 0.2) is 24.3 Å². The first-order chi connectivity index (χ1) is 9.69. The largest absolute Gasteiger partial charge is 0.385 e. The van der Waals surface area contributed by atoms with Gasteiger partial charge in [0.2, 0.25) is 0 Å². The van der Waals surface area contributed by atoms with E-state index in [2.05, 4.69) is 24.5 Å². The van der Waals surface area contributed by atoms with E-state index in [1.54, 1.807) is 0 Å². The average Bonchev–Trinajstić information content (AvgIpc) is 2.44. The van der Waals surface area contributed by atoms with Crippen molar-refractivity contribution in [1.82, 2.24) is 5.32 Å². The lowest BCUT2D eigenvalue weighted by atomic mass is 10.1. The monoisotopic (exact) mass is 276 g/mol. The molecular weight excluding hydrogens is 248 g/mol. The molecule has 0 saturated carbocycles. The van der Waals surface area contributed by atoms with Gasteiger partial charge in [0, 0.05) is 18.3 Å². The van der Waals surface area contributed by atoms with Crippen molar-refractivity contribution >= 4 is 11.6 Å². The Balaban J connectivity index is 2.49. The zero-order valence-electron chi connectivity index (χ0n) is 13.0. The number of carbonyl (C=O) groups excluding carboxylic acids is 1. The topological polar surface area (TPSA) is 41.1 Å². The lowest BCUT2D eigenvalue weighted by Gasteiger charge is -2.16. The number of amides is 1. The van der Waals surface area contributed by atoms with Crippen LogP contribution in [0.5, 0.6) is 0 Å². The van der Waals surface area contributed by atoms with E-state index in [0.29, 0.717) is 0 Å². The summed E-state index contributed by atoms with van der Waals surface area (Å²) >= 11 is 0. The molecule has 0 fully saturated rings. The van der Waals surface area contributed by atoms with E-state index in [1.807, 2.05) is 31.2 Å². The molecule has 3 heteroatoms. The van der Waals surface area contributed by atoms with Gasteiger partial charge in [-0.1, -0.05) is 44.7 Å². The second-order valence-corrected chi connectivity index (χ2v) is 5.30. The molecule has 0 aliphatic heterocycles. The SMILES string of the molecule is CCCCCCC(C)NC(=O)c1ccccc1NCC. The van der Waals surface area contributed by atoms with Crippen molar-refractivity contribution in [2.24, 2.45) is 0 Å². The summed E-state index contributed by atoms with van der Waals surface area (Å²) in [5, 5.41) is 6.32. The number of anilines is 1. The molecule has 0 spiro atoms. The summed E-state index contributed by atoms with van der Waals surface area (Å²) in [4.78, 5) is 12.3. The number of nitrogens with one attached hydrogen (secondary N) is 2. The van der Waals surface area contributed by atoms with Crippen LogP contribution in [0.4, 0.5) is 5.69 Å². The number of rotatable bonds is 9. The maximum Gasteiger partial charge on any atom is 0.253 e. The van der Waals surface area contributed by atoms with E-state index in [9.17, 15) is 4.79 Å². The average molecular weight is 276 g/mol. The molecule has 1 atom stereocenters. The van der Waals surface area contributed by atoms with Gasteiger partial charge in [0.05, 0.1) is 5.56 Å². The minimum Gasteiger partial charge on any atom is -0.385 e. The van der Waals surface area contributed by atoms with Gasteiger partial charge in [0.1, 0.15) is 0 Å². The minimum atomic E-state index is 0.0181. The van der Waals surface area contributed by atoms with Crippen LogP contribution < -0.4 is 10.6 Å². The van der Waals surface area contributed by atoms with E-state index in [0.717, 1.165) is 24.2 Å². The van der Waals surface area contributed by atoms with Crippen LogP contribution in [0.25, 0.3) is 0 Å². The number of unbranched alkanes of at least 4 members (excludes halogenated alkanes) is 3. The predicted molar refractivity (Wildman–Crippen MR) is 86.3 cm³/mol. The first kappa shape index (κ1) is 16.5. The van der Waals surface area contributed by atoms with Gasteiger partial charge in [0.15, 0.2) is 0 Å². The van der Waals surface area contributed by atoms with Gasteiger partial charge in [-0.15, -0.1) is 0 Å². The lowest BCUT2D eigenvalue weighted by molar-refractivity contribution is 0.0938. The van der Waals surface area contributed by atoms with Crippen molar-refractivity contribution in [3.05, 3.63) is 29.8 Å². The Morgan fingerprint density at radius 3 is 2.60 bits per heavy atom. The van der Waals surface area contributed by atoms with Crippen LogP contribution in [0.1, 0.15) is 63.2 Å². The molecule has 1 rings (SSSR count). The minimum absolute atomic E-state index is 0.0181. The fourth-order valence-corrected chi connectivity index (χ4v) is 2.28. The third-order valence-electron chi connectivity index (χ3n) is 3.41. The zero-order valence-corrected chi connectivity index (χ0v) is 13.0. The first-order valence-electron chi connectivity index (χ1n) is 7.82. The van der Waals surface area contributed by atoms with Gasteiger partial charge in [-0.25, -0.2) is 0 Å². The van der Waals surface area contributed by atoms with E-state index < -0.39 is 0 Å². The van der Waals surface area contributed by atoms with Crippen molar-refractivity contribution in [1.29, 1.82) is 0 Å². The van der Waals surface area contributed by atoms with Crippen LogP contribution in [0.2, 0.25) is 0 Å². The lowest BCUT2D eigenvalue weighted by Crippen LogP contribution is -2.33. The molecule has 0 heterocycles. The Bertz CT molecular complexity index is 404. The van der Waals surface area contributed by atoms with Gasteiger partial charge in [-0.3, -0.25) is 4.79 Å². The van der Waals surface area contributed by atoms with Crippen LogP contribution in [-0.4, -0.2) is 18.5 Å². The number of para-hydroxylation sites is 1. The summed E-state index contributed by atoms with van der Waals surface area (Å²) in [6.45, 7) is 7.14. The third-order valence-corrected chi connectivity index (χ3v) is 3.41. The number of hydrogen-bond donors (Lipinski definition) is 2. The van der Waals surface area contributed by atoms with Gasteiger partial charge < -0.3 is 10.6 Å².